The lowest BCUT2D eigenvalue weighted by molar-refractivity contribution is 0.0477. The third-order valence-electron chi connectivity index (χ3n) is 4.05. The summed E-state index contributed by atoms with van der Waals surface area (Å²) < 4.78 is 0. The largest absolute Gasteiger partial charge is 0.392 e. The molecule has 0 aliphatic heterocycles. The molecule has 1 atom stereocenters. The molecule has 0 saturated carbocycles. The van der Waals surface area contributed by atoms with E-state index in [0.29, 0.717) is 0 Å². The van der Waals surface area contributed by atoms with Crippen molar-refractivity contribution in [2.24, 2.45) is 5.41 Å². The molecule has 0 amide bonds. The lowest BCUT2D eigenvalue weighted by Gasteiger charge is -2.30. The van der Waals surface area contributed by atoms with E-state index in [4.69, 9.17) is 0 Å². The molecule has 0 spiro atoms. The molecule has 1 aromatic carbocycles. The summed E-state index contributed by atoms with van der Waals surface area (Å²) >= 11 is 0. The summed E-state index contributed by atoms with van der Waals surface area (Å²) in [4.78, 5) is 0. The maximum atomic E-state index is 10.3. The average Bonchev–Trinajstić information content (AvgIpc) is 2.22. The molecule has 0 aliphatic rings. The van der Waals surface area contributed by atoms with Crippen molar-refractivity contribution in [2.75, 3.05) is 0 Å². The normalized spacial score (nSPS) is 13.8. The highest BCUT2D eigenvalue weighted by molar-refractivity contribution is 5.38. The second-order valence-electron chi connectivity index (χ2n) is 5.94. The standard InChI is InChI=1S/C16H26O/c1-7-16(5,6)15(17)10-14-12(3)8-11(2)9-13(14)4/h8-9,15,17H,7,10H2,1-6H3. The Morgan fingerprint density at radius 2 is 1.59 bits per heavy atom. The van der Waals surface area contributed by atoms with Crippen molar-refractivity contribution in [2.45, 2.75) is 60.5 Å². The van der Waals surface area contributed by atoms with Gasteiger partial charge in [0.15, 0.2) is 0 Å². The molecule has 1 N–H and O–H groups in total. The summed E-state index contributed by atoms with van der Waals surface area (Å²) in [6.07, 6.45) is 1.49. The number of aryl methyl sites for hydroxylation is 3. The zero-order valence-electron chi connectivity index (χ0n) is 12.1. The Morgan fingerprint density at radius 3 is 2.00 bits per heavy atom. The van der Waals surface area contributed by atoms with Crippen molar-refractivity contribution in [1.29, 1.82) is 0 Å². The van der Waals surface area contributed by atoms with Gasteiger partial charge in [0.2, 0.25) is 0 Å². The fraction of sp³-hybridized carbons (Fsp3) is 0.625. The van der Waals surface area contributed by atoms with Gasteiger partial charge >= 0.3 is 0 Å². The van der Waals surface area contributed by atoms with Crippen molar-refractivity contribution < 1.29 is 5.11 Å². The lowest BCUT2D eigenvalue weighted by atomic mass is 9.79. The summed E-state index contributed by atoms with van der Waals surface area (Å²) in [7, 11) is 0. The number of hydrogen-bond donors (Lipinski definition) is 1. The Kier molecular flexibility index (Phi) is 4.37. The Morgan fingerprint density at radius 1 is 1.12 bits per heavy atom. The molecule has 0 radical (unpaired) electrons. The van der Waals surface area contributed by atoms with Crippen LogP contribution in [0.4, 0.5) is 0 Å². The number of aliphatic hydroxyl groups excluding tert-OH is 1. The average molecular weight is 234 g/mol. The van der Waals surface area contributed by atoms with E-state index in [1.54, 1.807) is 0 Å². The second-order valence-corrected chi connectivity index (χ2v) is 5.94. The molecule has 0 saturated heterocycles. The summed E-state index contributed by atoms with van der Waals surface area (Å²) in [6.45, 7) is 12.8. The Balaban J connectivity index is 2.96. The minimum absolute atomic E-state index is 0.0102. The van der Waals surface area contributed by atoms with Gasteiger partial charge in [-0.05, 0) is 55.7 Å². The van der Waals surface area contributed by atoms with Crippen LogP contribution >= 0.6 is 0 Å². The fourth-order valence-corrected chi connectivity index (χ4v) is 2.24. The number of benzene rings is 1. The first-order chi connectivity index (χ1) is 7.77. The first-order valence-corrected chi connectivity index (χ1v) is 6.52. The van der Waals surface area contributed by atoms with Crippen LogP contribution in [0.1, 0.15) is 49.4 Å². The van der Waals surface area contributed by atoms with Gasteiger partial charge in [0.25, 0.3) is 0 Å². The van der Waals surface area contributed by atoms with Crippen molar-refractivity contribution in [3.8, 4) is 0 Å². The van der Waals surface area contributed by atoms with Gasteiger partial charge in [-0.25, -0.2) is 0 Å². The third kappa shape index (κ3) is 3.32. The van der Waals surface area contributed by atoms with E-state index < -0.39 is 0 Å². The quantitative estimate of drug-likeness (QED) is 0.836. The molecule has 17 heavy (non-hydrogen) atoms. The van der Waals surface area contributed by atoms with Crippen molar-refractivity contribution in [3.05, 3.63) is 34.4 Å². The molecule has 1 heteroatoms. The monoisotopic (exact) mass is 234 g/mol. The lowest BCUT2D eigenvalue weighted by Crippen LogP contribution is -2.31. The summed E-state index contributed by atoms with van der Waals surface area (Å²) in [6, 6.07) is 4.40. The van der Waals surface area contributed by atoms with Crippen LogP contribution in [0.15, 0.2) is 12.1 Å². The number of rotatable bonds is 4. The van der Waals surface area contributed by atoms with Crippen LogP contribution in [-0.2, 0) is 6.42 Å². The predicted octanol–water partition coefficient (Wildman–Crippen LogP) is 3.95. The summed E-state index contributed by atoms with van der Waals surface area (Å²) in [5.41, 5.74) is 5.20. The first-order valence-electron chi connectivity index (χ1n) is 6.52. The van der Waals surface area contributed by atoms with E-state index in [-0.39, 0.29) is 11.5 Å². The number of aliphatic hydroxyl groups is 1. The molecule has 0 fully saturated rings. The highest BCUT2D eigenvalue weighted by atomic mass is 16.3. The number of hydrogen-bond acceptors (Lipinski definition) is 1. The van der Waals surface area contributed by atoms with Gasteiger partial charge in [-0.2, -0.15) is 0 Å². The Bertz CT molecular complexity index is 368. The van der Waals surface area contributed by atoms with Gasteiger partial charge in [0.05, 0.1) is 6.10 Å². The Labute approximate surface area is 106 Å². The highest BCUT2D eigenvalue weighted by Crippen LogP contribution is 2.29. The van der Waals surface area contributed by atoms with E-state index in [1.165, 1.54) is 22.3 Å². The fourth-order valence-electron chi connectivity index (χ4n) is 2.24. The second kappa shape index (κ2) is 5.22. The molecule has 0 heterocycles. The SMILES string of the molecule is CCC(C)(C)C(O)Cc1c(C)cc(C)cc1C. The minimum Gasteiger partial charge on any atom is -0.392 e. The summed E-state index contributed by atoms with van der Waals surface area (Å²) in [5.74, 6) is 0. The van der Waals surface area contributed by atoms with E-state index in [9.17, 15) is 5.11 Å². The Hall–Kier alpha value is -0.820. The van der Waals surface area contributed by atoms with Crippen molar-refractivity contribution >= 4 is 0 Å². The van der Waals surface area contributed by atoms with Gasteiger partial charge in [0.1, 0.15) is 0 Å². The van der Waals surface area contributed by atoms with Crippen molar-refractivity contribution in [1.82, 2.24) is 0 Å². The predicted molar refractivity (Wildman–Crippen MR) is 74.4 cm³/mol. The molecular formula is C16H26O. The topological polar surface area (TPSA) is 20.2 Å². The molecule has 1 unspecified atom stereocenters. The van der Waals surface area contributed by atoms with E-state index in [0.717, 1.165) is 12.8 Å². The van der Waals surface area contributed by atoms with Crippen LogP contribution in [0.2, 0.25) is 0 Å². The molecule has 0 aliphatic carbocycles. The summed E-state index contributed by atoms with van der Waals surface area (Å²) in [5, 5.41) is 10.3. The van der Waals surface area contributed by atoms with Crippen LogP contribution in [-0.4, -0.2) is 11.2 Å². The maximum absolute atomic E-state index is 10.3. The first kappa shape index (κ1) is 14.2. The van der Waals surface area contributed by atoms with Gasteiger partial charge in [-0.15, -0.1) is 0 Å². The molecule has 1 aromatic rings. The van der Waals surface area contributed by atoms with Crippen LogP contribution in [0, 0.1) is 26.2 Å². The smallest absolute Gasteiger partial charge is 0.0631 e. The van der Waals surface area contributed by atoms with Crippen LogP contribution in [0.25, 0.3) is 0 Å². The molecule has 96 valence electrons. The van der Waals surface area contributed by atoms with Crippen LogP contribution in [0.3, 0.4) is 0 Å². The van der Waals surface area contributed by atoms with Gasteiger partial charge in [-0.3, -0.25) is 0 Å². The molecular weight excluding hydrogens is 208 g/mol. The molecule has 0 bridgehead atoms. The van der Waals surface area contributed by atoms with Gasteiger partial charge < -0.3 is 5.11 Å². The zero-order valence-corrected chi connectivity index (χ0v) is 12.1. The zero-order chi connectivity index (χ0) is 13.2. The maximum Gasteiger partial charge on any atom is 0.0631 e. The molecule has 0 aromatic heterocycles. The van der Waals surface area contributed by atoms with E-state index in [1.807, 2.05) is 0 Å². The van der Waals surface area contributed by atoms with Crippen molar-refractivity contribution in [3.63, 3.8) is 0 Å². The molecule has 1 nitrogen and oxygen atoms in total. The molecule has 1 rings (SSSR count). The third-order valence-corrected chi connectivity index (χ3v) is 4.05. The van der Waals surface area contributed by atoms with Gasteiger partial charge in [-0.1, -0.05) is 38.5 Å². The van der Waals surface area contributed by atoms with E-state index in [2.05, 4.69) is 53.7 Å². The highest BCUT2D eigenvalue weighted by Gasteiger charge is 2.26. The van der Waals surface area contributed by atoms with Crippen LogP contribution < -0.4 is 0 Å². The van der Waals surface area contributed by atoms with Crippen LogP contribution in [0.5, 0.6) is 0 Å². The van der Waals surface area contributed by atoms with E-state index >= 15 is 0 Å². The minimum atomic E-state index is -0.271. The van der Waals surface area contributed by atoms with Gasteiger partial charge in [0, 0.05) is 0 Å².